The molecule has 5 nitrogen and oxygen atoms in total. The van der Waals surface area contributed by atoms with Crippen LogP contribution in [0.1, 0.15) is 142 Å². The van der Waals surface area contributed by atoms with Gasteiger partial charge >= 0.3 is 0 Å². The van der Waals surface area contributed by atoms with Crippen LogP contribution in [0, 0.1) is 0 Å². The number of nitrogens with two attached hydrogens (primary N) is 1. The van der Waals surface area contributed by atoms with E-state index in [0.29, 0.717) is 0 Å². The summed E-state index contributed by atoms with van der Waals surface area (Å²) in [5, 5.41) is 11.2. The van der Waals surface area contributed by atoms with Gasteiger partial charge in [-0.25, -0.2) is 9.48 Å². The van der Waals surface area contributed by atoms with Crippen LogP contribution in [0.2, 0.25) is 0 Å². The molecule has 0 amide bonds. The van der Waals surface area contributed by atoms with Crippen molar-refractivity contribution in [2.75, 3.05) is 6.54 Å². The number of aliphatic carboxylic acids is 1. The number of allylic oxidation sites excluding steroid dienone is 2. The SMILES string of the molecule is CCCCCCCCCC/C=C/CCCCCCCCCCCC1=NC=C[N+]1(CC(=O)[O-])C(C)N. The molecule has 35 heavy (non-hydrogen) atoms. The van der Waals surface area contributed by atoms with Gasteiger partial charge in [0.15, 0.2) is 0 Å². The van der Waals surface area contributed by atoms with Crippen LogP contribution in [0.15, 0.2) is 29.5 Å². The van der Waals surface area contributed by atoms with Gasteiger partial charge in [-0.05, 0) is 32.1 Å². The average molecular weight is 490 g/mol. The number of hydrogen-bond acceptors (Lipinski definition) is 4. The molecule has 1 rings (SSSR count). The van der Waals surface area contributed by atoms with Crippen LogP contribution >= 0.6 is 0 Å². The van der Waals surface area contributed by atoms with E-state index in [1.807, 2.05) is 6.92 Å². The Bertz CT molecular complexity index is 627. The Morgan fingerprint density at radius 1 is 0.857 bits per heavy atom. The Morgan fingerprint density at radius 3 is 1.77 bits per heavy atom. The van der Waals surface area contributed by atoms with Crippen LogP contribution in [-0.4, -0.2) is 29.0 Å². The molecule has 2 N–H and O–H groups in total. The Labute approximate surface area is 216 Å². The number of nitrogens with zero attached hydrogens (tertiary/aromatic N) is 2. The maximum Gasteiger partial charge on any atom is 0.209 e. The van der Waals surface area contributed by atoms with Crippen LogP contribution in [0.25, 0.3) is 0 Å². The molecule has 202 valence electrons. The molecule has 0 spiro atoms. The summed E-state index contributed by atoms with van der Waals surface area (Å²) < 4.78 is 0.108. The van der Waals surface area contributed by atoms with Gasteiger partial charge in [0.05, 0.1) is 12.2 Å². The van der Waals surface area contributed by atoms with Gasteiger partial charge in [-0.2, -0.15) is 0 Å². The number of hydrogen-bond donors (Lipinski definition) is 1. The highest BCUT2D eigenvalue weighted by molar-refractivity contribution is 5.81. The van der Waals surface area contributed by atoms with Crippen molar-refractivity contribution in [3.8, 4) is 0 Å². The van der Waals surface area contributed by atoms with E-state index >= 15 is 0 Å². The number of rotatable bonds is 24. The van der Waals surface area contributed by atoms with Crippen molar-refractivity contribution < 1.29 is 14.4 Å². The van der Waals surface area contributed by atoms with Gasteiger partial charge in [0.1, 0.15) is 18.9 Å². The van der Waals surface area contributed by atoms with Crippen molar-refractivity contribution in [1.82, 2.24) is 0 Å². The highest BCUT2D eigenvalue weighted by atomic mass is 16.4. The van der Waals surface area contributed by atoms with E-state index in [4.69, 9.17) is 5.73 Å². The zero-order valence-electron chi connectivity index (χ0n) is 23.0. The second kappa shape index (κ2) is 20.7. The number of carboxylic acids is 1. The predicted octanol–water partition coefficient (Wildman–Crippen LogP) is 7.12. The van der Waals surface area contributed by atoms with E-state index in [2.05, 4.69) is 24.1 Å². The van der Waals surface area contributed by atoms with Crippen LogP contribution < -0.4 is 10.8 Å². The molecule has 2 atom stereocenters. The molecule has 1 heterocycles. The van der Waals surface area contributed by atoms with Crippen LogP contribution in [0.3, 0.4) is 0 Å². The summed E-state index contributed by atoms with van der Waals surface area (Å²) in [5.74, 6) is -0.229. The molecule has 2 unspecified atom stereocenters. The molecule has 1 aliphatic heterocycles. The van der Waals surface area contributed by atoms with Gasteiger partial charge in [0.25, 0.3) is 0 Å². The summed E-state index contributed by atoms with van der Waals surface area (Å²) in [6.07, 6.45) is 33.9. The number of amidine groups is 1. The summed E-state index contributed by atoms with van der Waals surface area (Å²) in [7, 11) is 0. The first-order chi connectivity index (χ1) is 17.0. The minimum Gasteiger partial charge on any atom is -0.544 e. The first-order valence-corrected chi connectivity index (χ1v) is 14.8. The molecular weight excluding hydrogens is 434 g/mol. The molecule has 1 aliphatic rings. The molecule has 0 fully saturated rings. The fourth-order valence-electron chi connectivity index (χ4n) is 4.99. The summed E-state index contributed by atoms with van der Waals surface area (Å²) in [6, 6.07) is 0. The summed E-state index contributed by atoms with van der Waals surface area (Å²) in [5.41, 5.74) is 6.10. The van der Waals surface area contributed by atoms with Gasteiger partial charge in [-0.15, -0.1) is 0 Å². The fourth-order valence-corrected chi connectivity index (χ4v) is 4.99. The maximum atomic E-state index is 11.2. The minimum atomic E-state index is -1.09. The second-order valence-electron chi connectivity index (χ2n) is 10.5. The summed E-state index contributed by atoms with van der Waals surface area (Å²) in [4.78, 5) is 15.6. The smallest absolute Gasteiger partial charge is 0.209 e. The molecule has 0 radical (unpaired) electrons. The lowest BCUT2D eigenvalue weighted by Gasteiger charge is -2.36. The number of carboxylic acid groups (broad SMARTS) is 1. The molecule has 0 aliphatic carbocycles. The maximum absolute atomic E-state index is 11.2. The first-order valence-electron chi connectivity index (χ1n) is 14.8. The van der Waals surface area contributed by atoms with E-state index in [1.165, 1.54) is 109 Å². The Hall–Kier alpha value is -1.46. The normalized spacial score (nSPS) is 18.4. The monoisotopic (exact) mass is 489 g/mol. The lowest BCUT2D eigenvalue weighted by molar-refractivity contribution is -0.808. The number of quaternary nitrogens is 1. The Morgan fingerprint density at radius 2 is 1.31 bits per heavy atom. The van der Waals surface area contributed by atoms with Gasteiger partial charge in [0, 0.05) is 13.3 Å². The van der Waals surface area contributed by atoms with Gasteiger partial charge in [-0.3, -0.25) is 5.73 Å². The van der Waals surface area contributed by atoms with E-state index in [0.717, 1.165) is 25.1 Å². The molecule has 5 heteroatoms. The van der Waals surface area contributed by atoms with Crippen molar-refractivity contribution in [2.24, 2.45) is 10.7 Å². The van der Waals surface area contributed by atoms with Crippen molar-refractivity contribution >= 4 is 11.8 Å². The van der Waals surface area contributed by atoms with Crippen LogP contribution in [-0.2, 0) is 4.79 Å². The largest absolute Gasteiger partial charge is 0.544 e. The topological polar surface area (TPSA) is 78.5 Å². The fraction of sp³-hybridized carbons (Fsp3) is 0.800. The molecule has 0 bridgehead atoms. The van der Waals surface area contributed by atoms with Gasteiger partial charge < -0.3 is 9.90 Å². The Kier molecular flexibility index (Phi) is 18.7. The van der Waals surface area contributed by atoms with Crippen molar-refractivity contribution in [2.45, 2.75) is 148 Å². The van der Waals surface area contributed by atoms with Gasteiger partial charge in [-0.1, -0.05) is 109 Å². The Balaban J connectivity index is 1.90. The summed E-state index contributed by atoms with van der Waals surface area (Å²) in [6.45, 7) is 3.98. The molecule has 0 aromatic heterocycles. The molecule has 0 aromatic rings. The lowest BCUT2D eigenvalue weighted by atomic mass is 10.0. The minimum absolute atomic E-state index is 0.108. The summed E-state index contributed by atoms with van der Waals surface area (Å²) >= 11 is 0. The number of carbonyl (C=O) groups excluding carboxylic acids is 1. The predicted molar refractivity (Wildman–Crippen MR) is 148 cm³/mol. The lowest BCUT2D eigenvalue weighted by Crippen LogP contribution is -2.60. The van der Waals surface area contributed by atoms with Crippen molar-refractivity contribution in [3.63, 3.8) is 0 Å². The van der Waals surface area contributed by atoms with Crippen LogP contribution in [0.5, 0.6) is 0 Å². The van der Waals surface area contributed by atoms with Crippen molar-refractivity contribution in [1.29, 1.82) is 0 Å². The first kappa shape index (κ1) is 31.6. The van der Waals surface area contributed by atoms with E-state index in [-0.39, 0.29) is 17.2 Å². The third-order valence-electron chi connectivity index (χ3n) is 7.32. The zero-order chi connectivity index (χ0) is 25.6. The number of carbonyl (C=O) groups is 1. The molecule has 0 aromatic carbocycles. The quantitative estimate of drug-likeness (QED) is 0.0890. The third-order valence-corrected chi connectivity index (χ3v) is 7.32. The van der Waals surface area contributed by atoms with Crippen molar-refractivity contribution in [3.05, 3.63) is 24.6 Å². The highest BCUT2D eigenvalue weighted by Crippen LogP contribution is 2.23. The average Bonchev–Trinajstić information content (AvgIpc) is 3.23. The van der Waals surface area contributed by atoms with Crippen LogP contribution in [0.4, 0.5) is 0 Å². The molecular formula is C30H55N3O2. The van der Waals surface area contributed by atoms with Gasteiger partial charge in [0.2, 0.25) is 5.84 Å². The zero-order valence-corrected chi connectivity index (χ0v) is 23.0. The van der Waals surface area contributed by atoms with E-state index < -0.39 is 5.97 Å². The number of unbranched alkanes of at least 4 members (excludes halogenated alkanes) is 17. The van der Waals surface area contributed by atoms with E-state index in [1.54, 1.807) is 12.4 Å². The molecule has 0 saturated carbocycles. The second-order valence-corrected chi connectivity index (χ2v) is 10.5. The van der Waals surface area contributed by atoms with E-state index in [9.17, 15) is 9.90 Å². The third kappa shape index (κ3) is 14.6. The standard InChI is InChI=1S/C30H55N3O2/c1-3-4-5-6-7-8-9-10-11-12-13-14-15-16-17-18-19-20-21-22-23-24-29-32-25-26-33(29,28(2)31)27-30(34)35/h12-13,25-26,28H,3-11,14-24,27,31H2,1-2H3/b13-12+. The highest BCUT2D eigenvalue weighted by Gasteiger charge is 2.38. The number of aliphatic imine (C=N–C) groups is 1. The molecule has 0 saturated heterocycles.